The SMILES string of the molecule is C#CCN(C)S(=O)(=O)c1cc([N+](=O)[O-])c(F)cc1C. The van der Waals surface area contributed by atoms with Crippen molar-refractivity contribution in [3.63, 3.8) is 0 Å². The molecule has 1 aromatic carbocycles. The van der Waals surface area contributed by atoms with Crippen molar-refractivity contribution >= 4 is 15.7 Å². The lowest BCUT2D eigenvalue weighted by Crippen LogP contribution is -2.28. The number of hydrogen-bond donors (Lipinski definition) is 0. The zero-order chi connectivity index (χ0) is 14.8. The fourth-order valence-electron chi connectivity index (χ4n) is 1.44. The monoisotopic (exact) mass is 286 g/mol. The maximum Gasteiger partial charge on any atom is 0.306 e. The molecule has 0 aliphatic heterocycles. The molecule has 0 atom stereocenters. The Balaban J connectivity index is 3.48. The van der Waals surface area contributed by atoms with Gasteiger partial charge < -0.3 is 0 Å². The summed E-state index contributed by atoms with van der Waals surface area (Å²) >= 11 is 0. The number of sulfonamides is 1. The van der Waals surface area contributed by atoms with Gasteiger partial charge in [0.2, 0.25) is 15.8 Å². The van der Waals surface area contributed by atoms with Gasteiger partial charge in [-0.05, 0) is 18.6 Å². The number of benzene rings is 1. The summed E-state index contributed by atoms with van der Waals surface area (Å²) in [5, 5.41) is 10.6. The summed E-state index contributed by atoms with van der Waals surface area (Å²) in [6, 6.07) is 1.52. The summed E-state index contributed by atoms with van der Waals surface area (Å²) in [5.41, 5.74) is -0.815. The minimum absolute atomic E-state index is 0.0759. The lowest BCUT2D eigenvalue weighted by atomic mass is 10.2. The van der Waals surface area contributed by atoms with Gasteiger partial charge in [0, 0.05) is 13.1 Å². The molecule has 0 saturated heterocycles. The van der Waals surface area contributed by atoms with Crippen LogP contribution in [0.3, 0.4) is 0 Å². The Labute approximate surface area is 110 Å². The van der Waals surface area contributed by atoms with E-state index in [0.717, 1.165) is 10.4 Å². The van der Waals surface area contributed by atoms with Crippen LogP contribution in [0, 0.1) is 35.2 Å². The fraction of sp³-hybridized carbons (Fsp3) is 0.273. The van der Waals surface area contributed by atoms with Crippen molar-refractivity contribution in [3.8, 4) is 12.3 Å². The maximum absolute atomic E-state index is 13.3. The summed E-state index contributed by atoms with van der Waals surface area (Å²) in [6.07, 6.45) is 5.02. The number of hydrogen-bond acceptors (Lipinski definition) is 4. The zero-order valence-corrected chi connectivity index (χ0v) is 11.1. The minimum atomic E-state index is -3.98. The van der Waals surface area contributed by atoms with Crippen molar-refractivity contribution in [3.05, 3.63) is 33.6 Å². The second-order valence-electron chi connectivity index (χ2n) is 3.79. The van der Waals surface area contributed by atoms with Crippen LogP contribution in [-0.2, 0) is 10.0 Å². The second kappa shape index (κ2) is 5.34. The number of rotatable bonds is 4. The molecule has 1 aromatic rings. The van der Waals surface area contributed by atoms with Crippen molar-refractivity contribution in [1.82, 2.24) is 4.31 Å². The van der Waals surface area contributed by atoms with Crippen LogP contribution in [-0.4, -0.2) is 31.2 Å². The molecule has 0 aliphatic carbocycles. The molecule has 0 aliphatic rings. The molecule has 0 radical (unpaired) electrons. The smallest absolute Gasteiger partial charge is 0.258 e. The van der Waals surface area contributed by atoms with Crippen molar-refractivity contribution in [1.29, 1.82) is 0 Å². The molecule has 0 N–H and O–H groups in total. The summed E-state index contributed by atoms with van der Waals surface area (Å²) < 4.78 is 38.4. The van der Waals surface area contributed by atoms with Gasteiger partial charge in [-0.2, -0.15) is 8.70 Å². The molecule has 0 amide bonds. The van der Waals surface area contributed by atoms with Crippen molar-refractivity contribution < 1.29 is 17.7 Å². The average molecular weight is 286 g/mol. The summed E-state index contributed by atoms with van der Waals surface area (Å²) in [7, 11) is -2.74. The molecule has 1 rings (SSSR count). The largest absolute Gasteiger partial charge is 0.306 e. The number of aryl methyl sites for hydroxylation is 1. The van der Waals surface area contributed by atoms with Crippen LogP contribution < -0.4 is 0 Å². The first-order chi connectivity index (χ1) is 8.71. The van der Waals surface area contributed by atoms with E-state index in [4.69, 9.17) is 6.42 Å². The van der Waals surface area contributed by atoms with Crippen molar-refractivity contribution in [2.45, 2.75) is 11.8 Å². The van der Waals surface area contributed by atoms with E-state index in [9.17, 15) is 22.9 Å². The Bertz CT molecular complexity index is 664. The first-order valence-corrected chi connectivity index (χ1v) is 6.50. The molecule has 0 spiro atoms. The highest BCUT2D eigenvalue weighted by molar-refractivity contribution is 7.89. The number of halogens is 1. The van der Waals surface area contributed by atoms with Gasteiger partial charge in [0.05, 0.1) is 16.4 Å². The Morgan fingerprint density at radius 1 is 1.53 bits per heavy atom. The minimum Gasteiger partial charge on any atom is -0.258 e. The average Bonchev–Trinajstić information content (AvgIpc) is 2.28. The first-order valence-electron chi connectivity index (χ1n) is 5.06. The third-order valence-corrected chi connectivity index (χ3v) is 4.39. The third kappa shape index (κ3) is 2.89. The highest BCUT2D eigenvalue weighted by Crippen LogP contribution is 2.26. The number of nitro groups is 1. The molecule has 0 fully saturated rings. The van der Waals surface area contributed by atoms with Gasteiger partial charge >= 0.3 is 5.69 Å². The number of nitro benzene ring substituents is 1. The van der Waals surface area contributed by atoms with Crippen LogP contribution in [0.5, 0.6) is 0 Å². The van der Waals surface area contributed by atoms with E-state index >= 15 is 0 Å². The van der Waals surface area contributed by atoms with Gasteiger partial charge in [-0.25, -0.2) is 8.42 Å². The van der Waals surface area contributed by atoms with E-state index in [1.54, 1.807) is 0 Å². The molecule has 102 valence electrons. The highest BCUT2D eigenvalue weighted by atomic mass is 32.2. The maximum atomic E-state index is 13.3. The van der Waals surface area contributed by atoms with E-state index < -0.39 is 26.5 Å². The van der Waals surface area contributed by atoms with Gasteiger partial charge in [-0.15, -0.1) is 6.42 Å². The number of nitrogens with zero attached hydrogens (tertiary/aromatic N) is 2. The van der Waals surface area contributed by atoms with Crippen LogP contribution in [0.1, 0.15) is 5.56 Å². The second-order valence-corrected chi connectivity index (χ2v) is 5.80. The van der Waals surface area contributed by atoms with Gasteiger partial charge in [-0.1, -0.05) is 5.92 Å². The molecular weight excluding hydrogens is 275 g/mol. The Kier molecular flexibility index (Phi) is 4.24. The topological polar surface area (TPSA) is 80.5 Å². The summed E-state index contributed by atoms with van der Waals surface area (Å²) in [5.74, 6) is 1.07. The molecule has 0 saturated carbocycles. The van der Waals surface area contributed by atoms with Gasteiger partial charge in [0.1, 0.15) is 0 Å². The Hall–Kier alpha value is -1.98. The molecule has 0 heterocycles. The van der Waals surface area contributed by atoms with Gasteiger partial charge in [0.15, 0.2) is 0 Å². The van der Waals surface area contributed by atoms with Gasteiger partial charge in [-0.3, -0.25) is 10.1 Å². The van der Waals surface area contributed by atoms with Crippen molar-refractivity contribution in [2.24, 2.45) is 0 Å². The molecule has 6 nitrogen and oxygen atoms in total. The van der Waals surface area contributed by atoms with E-state index in [1.165, 1.54) is 14.0 Å². The highest BCUT2D eigenvalue weighted by Gasteiger charge is 2.27. The number of terminal acetylenes is 1. The molecule has 0 aromatic heterocycles. The molecule has 0 bridgehead atoms. The fourth-order valence-corrected chi connectivity index (χ4v) is 2.75. The van der Waals surface area contributed by atoms with E-state index in [2.05, 4.69) is 5.92 Å². The van der Waals surface area contributed by atoms with Crippen LogP contribution in [0.2, 0.25) is 0 Å². The molecular formula is C11H11FN2O4S. The zero-order valence-electron chi connectivity index (χ0n) is 10.3. The Morgan fingerprint density at radius 2 is 2.11 bits per heavy atom. The quantitative estimate of drug-likeness (QED) is 0.474. The third-order valence-electron chi connectivity index (χ3n) is 2.44. The lowest BCUT2D eigenvalue weighted by molar-refractivity contribution is -0.387. The van der Waals surface area contributed by atoms with Crippen molar-refractivity contribution in [2.75, 3.05) is 13.6 Å². The Morgan fingerprint density at radius 3 is 2.58 bits per heavy atom. The molecule has 8 heteroatoms. The normalized spacial score (nSPS) is 11.3. The van der Waals surface area contributed by atoms with Crippen LogP contribution in [0.4, 0.5) is 10.1 Å². The molecule has 19 heavy (non-hydrogen) atoms. The standard InChI is InChI=1S/C11H11FN2O4S/c1-4-5-13(3)19(17,18)11-7-10(14(15)16)9(12)6-8(11)2/h1,6-7H,5H2,2-3H3. The predicted octanol–water partition coefficient (Wildman–Crippen LogP) is 1.30. The summed E-state index contributed by atoms with van der Waals surface area (Å²) in [4.78, 5) is 9.32. The predicted molar refractivity (Wildman–Crippen MR) is 66.4 cm³/mol. The van der Waals surface area contributed by atoms with Gasteiger partial charge in [0.25, 0.3) is 0 Å². The summed E-state index contributed by atoms with van der Waals surface area (Å²) in [6.45, 7) is 1.16. The van der Waals surface area contributed by atoms with E-state index in [-0.39, 0.29) is 17.0 Å². The first kappa shape index (κ1) is 15.1. The van der Waals surface area contributed by atoms with Crippen LogP contribution >= 0.6 is 0 Å². The van der Waals surface area contributed by atoms with E-state index in [0.29, 0.717) is 6.07 Å². The van der Waals surface area contributed by atoms with Crippen LogP contribution in [0.15, 0.2) is 17.0 Å². The lowest BCUT2D eigenvalue weighted by Gasteiger charge is -2.15. The molecule has 0 unspecified atom stereocenters. The van der Waals surface area contributed by atoms with Crippen LogP contribution in [0.25, 0.3) is 0 Å². The van der Waals surface area contributed by atoms with E-state index in [1.807, 2.05) is 0 Å².